The quantitative estimate of drug-likeness (QED) is 0.276. The lowest BCUT2D eigenvalue weighted by atomic mass is 10.1. The van der Waals surface area contributed by atoms with Crippen LogP contribution in [0.25, 0.3) is 0 Å². The molecule has 0 saturated carbocycles. The Kier molecular flexibility index (Phi) is 7.97. The Hall–Kier alpha value is -3.75. The minimum absolute atomic E-state index is 0.0989. The zero-order valence-corrected chi connectivity index (χ0v) is 21.2. The lowest BCUT2D eigenvalue weighted by Gasteiger charge is -2.18. The summed E-state index contributed by atoms with van der Waals surface area (Å²) in [6.07, 6.45) is 0.648. The van der Waals surface area contributed by atoms with E-state index >= 15 is 0 Å². The fraction of sp³-hybridized carbons (Fsp3) is 0.148. The molecule has 1 aliphatic heterocycles. The molecule has 4 rings (SSSR count). The number of imide groups is 1. The van der Waals surface area contributed by atoms with Gasteiger partial charge in [0.05, 0.1) is 25.0 Å². The maximum absolute atomic E-state index is 13.7. The smallest absolute Gasteiger partial charge is 0.340 e. The summed E-state index contributed by atoms with van der Waals surface area (Å²) >= 11 is 7.15. The second kappa shape index (κ2) is 11.3. The van der Waals surface area contributed by atoms with Gasteiger partial charge < -0.3 is 14.8 Å². The van der Waals surface area contributed by atoms with Crippen LogP contribution in [0.3, 0.4) is 0 Å². The Bertz CT molecular complexity index is 1320. The van der Waals surface area contributed by atoms with Crippen LogP contribution in [0.4, 0.5) is 11.4 Å². The van der Waals surface area contributed by atoms with Crippen molar-refractivity contribution in [3.63, 3.8) is 0 Å². The Morgan fingerprint density at radius 2 is 1.67 bits per heavy atom. The summed E-state index contributed by atoms with van der Waals surface area (Å²) in [5.41, 5.74) is 0.990. The SMILES string of the molecule is CCCOC(=O)c1ccccc1N1C(=O)C(Nc2ccc(OC)cc2)=C(Sc2ccc(Cl)cc2)C1=O. The van der Waals surface area contributed by atoms with E-state index in [1.807, 2.05) is 6.92 Å². The first-order chi connectivity index (χ1) is 17.4. The summed E-state index contributed by atoms with van der Waals surface area (Å²) in [7, 11) is 1.56. The Labute approximate surface area is 218 Å². The number of methoxy groups -OCH3 is 1. The van der Waals surface area contributed by atoms with Gasteiger partial charge in [-0.1, -0.05) is 42.4 Å². The fourth-order valence-electron chi connectivity index (χ4n) is 3.49. The van der Waals surface area contributed by atoms with E-state index in [0.717, 1.165) is 21.6 Å². The van der Waals surface area contributed by atoms with Crippen molar-refractivity contribution in [3.8, 4) is 5.75 Å². The summed E-state index contributed by atoms with van der Waals surface area (Å²) in [6, 6.07) is 20.3. The van der Waals surface area contributed by atoms with Gasteiger partial charge in [-0.3, -0.25) is 9.59 Å². The van der Waals surface area contributed by atoms with Crippen molar-refractivity contribution >= 4 is 52.5 Å². The van der Waals surface area contributed by atoms with Gasteiger partial charge in [-0.05, 0) is 67.1 Å². The molecule has 3 aromatic carbocycles. The lowest BCUT2D eigenvalue weighted by molar-refractivity contribution is -0.120. The average Bonchev–Trinajstić information content (AvgIpc) is 3.12. The number of rotatable bonds is 9. The molecule has 0 unspecified atom stereocenters. The molecule has 184 valence electrons. The van der Waals surface area contributed by atoms with Gasteiger partial charge in [-0.15, -0.1) is 0 Å². The monoisotopic (exact) mass is 522 g/mol. The summed E-state index contributed by atoms with van der Waals surface area (Å²) in [5, 5.41) is 3.64. The van der Waals surface area contributed by atoms with Gasteiger partial charge in [0.25, 0.3) is 11.8 Å². The lowest BCUT2D eigenvalue weighted by Crippen LogP contribution is -2.33. The van der Waals surface area contributed by atoms with Crippen LogP contribution in [0.5, 0.6) is 5.75 Å². The van der Waals surface area contributed by atoms with E-state index < -0.39 is 17.8 Å². The molecule has 3 aromatic rings. The molecule has 7 nitrogen and oxygen atoms in total. The minimum atomic E-state index is -0.600. The van der Waals surface area contributed by atoms with Crippen LogP contribution in [0, 0.1) is 0 Å². The molecule has 36 heavy (non-hydrogen) atoms. The molecule has 0 aromatic heterocycles. The third kappa shape index (κ3) is 5.40. The first-order valence-electron chi connectivity index (χ1n) is 11.2. The number of hydrogen-bond acceptors (Lipinski definition) is 7. The fourth-order valence-corrected chi connectivity index (χ4v) is 4.54. The summed E-state index contributed by atoms with van der Waals surface area (Å²) in [6.45, 7) is 2.11. The number of nitrogens with one attached hydrogen (secondary N) is 1. The number of carbonyl (C=O) groups excluding carboxylic acids is 3. The Morgan fingerprint density at radius 3 is 2.33 bits per heavy atom. The number of benzene rings is 3. The van der Waals surface area contributed by atoms with Gasteiger partial charge >= 0.3 is 5.97 Å². The molecule has 9 heteroatoms. The number of esters is 1. The number of ether oxygens (including phenoxy) is 2. The zero-order valence-electron chi connectivity index (χ0n) is 19.6. The molecule has 0 aliphatic carbocycles. The molecule has 2 amide bonds. The van der Waals surface area contributed by atoms with Crippen molar-refractivity contribution in [3.05, 3.63) is 94.0 Å². The molecular formula is C27H23ClN2O5S. The molecule has 0 spiro atoms. The van der Waals surface area contributed by atoms with Crippen molar-refractivity contribution in [1.82, 2.24) is 0 Å². The molecule has 0 saturated heterocycles. The predicted molar refractivity (Wildman–Crippen MR) is 140 cm³/mol. The second-order valence-corrected chi connectivity index (χ2v) is 9.23. The van der Waals surface area contributed by atoms with Crippen molar-refractivity contribution in [1.29, 1.82) is 0 Å². The maximum atomic E-state index is 13.7. The topological polar surface area (TPSA) is 84.9 Å². The van der Waals surface area contributed by atoms with Crippen molar-refractivity contribution in [2.45, 2.75) is 18.2 Å². The first-order valence-corrected chi connectivity index (χ1v) is 12.4. The van der Waals surface area contributed by atoms with E-state index in [4.69, 9.17) is 21.1 Å². The number of thioether (sulfide) groups is 1. The van der Waals surface area contributed by atoms with E-state index in [-0.39, 0.29) is 28.5 Å². The molecular weight excluding hydrogens is 500 g/mol. The van der Waals surface area contributed by atoms with E-state index in [0.29, 0.717) is 22.9 Å². The van der Waals surface area contributed by atoms with Gasteiger partial charge in [0.2, 0.25) is 0 Å². The molecule has 1 heterocycles. The number of amides is 2. The molecule has 0 atom stereocenters. The molecule has 1 aliphatic rings. The van der Waals surface area contributed by atoms with Gasteiger partial charge in [0, 0.05) is 15.6 Å². The molecule has 0 bridgehead atoms. The van der Waals surface area contributed by atoms with Crippen LogP contribution < -0.4 is 15.0 Å². The minimum Gasteiger partial charge on any atom is -0.497 e. The van der Waals surface area contributed by atoms with E-state index in [2.05, 4.69) is 5.32 Å². The Balaban J connectivity index is 1.73. The number of anilines is 2. The second-order valence-electron chi connectivity index (χ2n) is 7.71. The van der Waals surface area contributed by atoms with E-state index in [1.54, 1.807) is 73.8 Å². The van der Waals surface area contributed by atoms with Crippen molar-refractivity contribution in [2.75, 3.05) is 23.9 Å². The largest absolute Gasteiger partial charge is 0.497 e. The highest BCUT2D eigenvalue weighted by Gasteiger charge is 2.41. The highest BCUT2D eigenvalue weighted by atomic mass is 35.5. The van der Waals surface area contributed by atoms with Gasteiger partial charge in [-0.2, -0.15) is 0 Å². The van der Waals surface area contributed by atoms with Crippen molar-refractivity contribution in [2.24, 2.45) is 0 Å². The van der Waals surface area contributed by atoms with E-state index in [1.165, 1.54) is 6.07 Å². The van der Waals surface area contributed by atoms with E-state index in [9.17, 15) is 14.4 Å². The molecule has 0 radical (unpaired) electrons. The van der Waals surface area contributed by atoms with Crippen LogP contribution in [0.15, 0.2) is 88.3 Å². The predicted octanol–water partition coefficient (Wildman–Crippen LogP) is 5.90. The normalized spacial score (nSPS) is 13.2. The molecule has 0 fully saturated rings. The number of nitrogens with zero attached hydrogens (tertiary/aromatic N) is 1. The maximum Gasteiger partial charge on any atom is 0.340 e. The van der Waals surface area contributed by atoms with Crippen LogP contribution in [-0.2, 0) is 14.3 Å². The number of hydrogen-bond donors (Lipinski definition) is 1. The summed E-state index contributed by atoms with van der Waals surface area (Å²) in [5.74, 6) is -1.08. The van der Waals surface area contributed by atoms with Gasteiger partial charge in [0.15, 0.2) is 0 Å². The number of para-hydroxylation sites is 1. The summed E-state index contributed by atoms with van der Waals surface area (Å²) in [4.78, 5) is 41.9. The summed E-state index contributed by atoms with van der Waals surface area (Å²) < 4.78 is 10.5. The number of halogens is 1. The highest BCUT2D eigenvalue weighted by Crippen LogP contribution is 2.39. The standard InChI is InChI=1S/C27H23ClN2O5S/c1-3-16-35-27(33)21-6-4-5-7-22(21)30-25(31)23(29-18-10-12-19(34-2)13-11-18)24(26(30)32)36-20-14-8-17(28)9-15-20/h4-15,29H,3,16H2,1-2H3. The van der Waals surface area contributed by atoms with Gasteiger partial charge in [0.1, 0.15) is 16.4 Å². The van der Waals surface area contributed by atoms with Crippen LogP contribution >= 0.6 is 23.4 Å². The third-order valence-electron chi connectivity index (χ3n) is 5.24. The first kappa shape index (κ1) is 25.3. The Morgan fingerprint density at radius 1 is 0.972 bits per heavy atom. The highest BCUT2D eigenvalue weighted by molar-refractivity contribution is 8.04. The van der Waals surface area contributed by atoms with Crippen LogP contribution in [0.1, 0.15) is 23.7 Å². The van der Waals surface area contributed by atoms with Gasteiger partial charge in [-0.25, -0.2) is 9.69 Å². The van der Waals surface area contributed by atoms with Crippen molar-refractivity contribution < 1.29 is 23.9 Å². The van der Waals surface area contributed by atoms with Crippen LogP contribution in [0.2, 0.25) is 5.02 Å². The van der Waals surface area contributed by atoms with Crippen LogP contribution in [-0.4, -0.2) is 31.5 Å². The average molecular weight is 523 g/mol. The molecule has 1 N–H and O–H groups in total. The third-order valence-corrected chi connectivity index (χ3v) is 6.58. The zero-order chi connectivity index (χ0) is 25.7. The number of carbonyl (C=O) groups is 3.